The Morgan fingerprint density at radius 3 is 2.71 bits per heavy atom. The first-order valence-electron chi connectivity index (χ1n) is 8.90. The Hall–Kier alpha value is -3.29. The molecular weight excluding hydrogens is 368 g/mol. The van der Waals surface area contributed by atoms with E-state index in [2.05, 4.69) is 10.6 Å². The summed E-state index contributed by atoms with van der Waals surface area (Å²) < 4.78 is 27.1. The van der Waals surface area contributed by atoms with Crippen molar-refractivity contribution >= 4 is 34.8 Å². The van der Waals surface area contributed by atoms with E-state index in [-0.39, 0.29) is 36.4 Å². The molecule has 2 aliphatic rings. The summed E-state index contributed by atoms with van der Waals surface area (Å²) >= 11 is 0. The number of rotatable bonds is 3. The number of benzene rings is 2. The van der Waals surface area contributed by atoms with Gasteiger partial charge >= 0.3 is 0 Å². The Balaban J connectivity index is 1.46. The molecule has 1 saturated heterocycles. The molecule has 2 heterocycles. The Bertz CT molecular complexity index is 993. The molecule has 3 amide bonds. The molecule has 1 unspecified atom stereocenters. The number of nitrogens with one attached hydrogen (secondary N) is 2. The Kier molecular flexibility index (Phi) is 4.54. The van der Waals surface area contributed by atoms with Crippen LogP contribution >= 0.6 is 0 Å². The molecule has 0 radical (unpaired) electrons. The highest BCUT2D eigenvalue weighted by Gasteiger charge is 2.36. The minimum absolute atomic E-state index is 0.0220. The van der Waals surface area contributed by atoms with E-state index >= 15 is 0 Å². The van der Waals surface area contributed by atoms with Gasteiger partial charge in [0.25, 0.3) is 0 Å². The van der Waals surface area contributed by atoms with E-state index in [1.165, 1.54) is 11.0 Å². The highest BCUT2D eigenvalue weighted by Crippen LogP contribution is 2.30. The predicted molar refractivity (Wildman–Crippen MR) is 98.8 cm³/mol. The van der Waals surface area contributed by atoms with E-state index in [0.717, 1.165) is 17.3 Å². The molecule has 1 fully saturated rings. The monoisotopic (exact) mass is 385 g/mol. The van der Waals surface area contributed by atoms with Gasteiger partial charge in [0.2, 0.25) is 17.7 Å². The summed E-state index contributed by atoms with van der Waals surface area (Å²) in [5, 5.41) is 5.55. The van der Waals surface area contributed by atoms with Crippen molar-refractivity contribution in [2.24, 2.45) is 5.92 Å². The van der Waals surface area contributed by atoms with Crippen molar-refractivity contribution in [2.45, 2.75) is 19.3 Å². The van der Waals surface area contributed by atoms with Crippen molar-refractivity contribution in [1.82, 2.24) is 0 Å². The Morgan fingerprint density at radius 2 is 1.93 bits per heavy atom. The third-order valence-electron chi connectivity index (χ3n) is 4.96. The zero-order valence-electron chi connectivity index (χ0n) is 14.8. The summed E-state index contributed by atoms with van der Waals surface area (Å²) in [6.07, 6.45) is 0.924. The highest BCUT2D eigenvalue weighted by atomic mass is 19.1. The minimum Gasteiger partial charge on any atom is -0.326 e. The van der Waals surface area contributed by atoms with Crippen LogP contribution in [-0.4, -0.2) is 24.3 Å². The van der Waals surface area contributed by atoms with Crippen molar-refractivity contribution in [2.75, 3.05) is 22.1 Å². The number of carbonyl (C=O) groups is 3. The number of halogens is 2. The second-order valence-corrected chi connectivity index (χ2v) is 6.91. The quantitative estimate of drug-likeness (QED) is 0.853. The van der Waals surface area contributed by atoms with Gasteiger partial charge in [-0.25, -0.2) is 8.78 Å². The maximum Gasteiger partial charge on any atom is 0.229 e. The van der Waals surface area contributed by atoms with Crippen LogP contribution in [0.2, 0.25) is 0 Å². The number of aryl methyl sites for hydroxylation is 1. The predicted octanol–water partition coefficient (Wildman–Crippen LogP) is 2.84. The minimum atomic E-state index is -0.842. The average Bonchev–Trinajstić information content (AvgIpc) is 3.03. The number of anilines is 3. The van der Waals surface area contributed by atoms with Crippen molar-refractivity contribution in [3.63, 3.8) is 0 Å². The first kappa shape index (κ1) is 18.1. The zero-order valence-corrected chi connectivity index (χ0v) is 14.8. The van der Waals surface area contributed by atoms with Gasteiger partial charge in [0, 0.05) is 36.8 Å². The van der Waals surface area contributed by atoms with E-state index < -0.39 is 17.6 Å². The van der Waals surface area contributed by atoms with Crippen LogP contribution in [-0.2, 0) is 20.8 Å². The molecule has 4 rings (SSSR count). The van der Waals surface area contributed by atoms with Crippen LogP contribution in [0.3, 0.4) is 0 Å². The molecule has 6 nitrogen and oxygen atoms in total. The van der Waals surface area contributed by atoms with Gasteiger partial charge in [0.15, 0.2) is 0 Å². The number of amides is 3. The van der Waals surface area contributed by atoms with Crippen molar-refractivity contribution in [3.8, 4) is 0 Å². The lowest BCUT2D eigenvalue weighted by Gasteiger charge is -2.19. The molecule has 2 N–H and O–H groups in total. The van der Waals surface area contributed by atoms with Gasteiger partial charge in [-0.1, -0.05) is 0 Å². The molecule has 28 heavy (non-hydrogen) atoms. The SMILES string of the molecule is O=C1CCc2cc(NC(=O)C3CC(=O)N(c4ccc(F)cc4F)C3)ccc2N1. The Morgan fingerprint density at radius 1 is 1.11 bits per heavy atom. The van der Waals surface area contributed by atoms with Crippen LogP contribution in [0.15, 0.2) is 36.4 Å². The molecule has 0 aromatic heterocycles. The third-order valence-corrected chi connectivity index (χ3v) is 4.96. The summed E-state index contributed by atoms with van der Waals surface area (Å²) in [5.41, 5.74) is 2.18. The molecule has 1 atom stereocenters. The molecular formula is C20H17F2N3O3. The van der Waals surface area contributed by atoms with E-state index in [1.807, 2.05) is 0 Å². The van der Waals surface area contributed by atoms with Crippen molar-refractivity contribution in [3.05, 3.63) is 53.6 Å². The number of hydrogen-bond donors (Lipinski definition) is 2. The molecule has 2 aromatic rings. The number of nitrogens with zero attached hydrogens (tertiary/aromatic N) is 1. The normalized spacial score (nSPS) is 18.6. The smallest absolute Gasteiger partial charge is 0.229 e. The standard InChI is InChI=1S/C20H17F2N3O3/c21-13-2-5-17(15(22)9-13)25-10-12(8-19(25)27)20(28)23-14-3-4-16-11(7-14)1-6-18(26)24-16/h2-5,7,9,12H,1,6,8,10H2,(H,23,28)(H,24,26). The fourth-order valence-electron chi connectivity index (χ4n) is 3.52. The van der Waals surface area contributed by atoms with E-state index in [9.17, 15) is 23.2 Å². The number of carbonyl (C=O) groups excluding carboxylic acids is 3. The number of fused-ring (bicyclic) bond motifs is 1. The van der Waals surface area contributed by atoms with Crippen LogP contribution in [0.1, 0.15) is 18.4 Å². The van der Waals surface area contributed by atoms with Gasteiger partial charge in [-0.2, -0.15) is 0 Å². The molecule has 0 aliphatic carbocycles. The van der Waals surface area contributed by atoms with Crippen LogP contribution in [0, 0.1) is 17.6 Å². The molecule has 2 aromatic carbocycles. The maximum absolute atomic E-state index is 14.0. The van der Waals surface area contributed by atoms with E-state index in [0.29, 0.717) is 24.6 Å². The van der Waals surface area contributed by atoms with Crippen LogP contribution < -0.4 is 15.5 Å². The van der Waals surface area contributed by atoms with Gasteiger partial charge in [-0.3, -0.25) is 14.4 Å². The summed E-state index contributed by atoms with van der Waals surface area (Å²) in [4.78, 5) is 37.4. The lowest BCUT2D eigenvalue weighted by Crippen LogP contribution is -2.28. The van der Waals surface area contributed by atoms with E-state index in [1.54, 1.807) is 18.2 Å². The second-order valence-electron chi connectivity index (χ2n) is 6.91. The molecule has 0 bridgehead atoms. The lowest BCUT2D eigenvalue weighted by atomic mass is 10.0. The summed E-state index contributed by atoms with van der Waals surface area (Å²) in [5.74, 6) is -3.00. The number of hydrogen-bond acceptors (Lipinski definition) is 3. The van der Waals surface area contributed by atoms with Crippen molar-refractivity contribution in [1.29, 1.82) is 0 Å². The lowest BCUT2D eigenvalue weighted by molar-refractivity contribution is -0.122. The second kappa shape index (κ2) is 7.03. The van der Waals surface area contributed by atoms with Crippen LogP contribution in [0.5, 0.6) is 0 Å². The Labute approximate surface area is 159 Å². The topological polar surface area (TPSA) is 78.5 Å². The molecule has 0 saturated carbocycles. The average molecular weight is 385 g/mol. The molecule has 144 valence electrons. The summed E-state index contributed by atoms with van der Waals surface area (Å²) in [6.45, 7) is 0.0220. The molecule has 0 spiro atoms. The van der Waals surface area contributed by atoms with Gasteiger partial charge in [0.1, 0.15) is 11.6 Å². The summed E-state index contributed by atoms with van der Waals surface area (Å²) in [7, 11) is 0. The third kappa shape index (κ3) is 3.45. The van der Waals surface area contributed by atoms with Crippen molar-refractivity contribution < 1.29 is 23.2 Å². The summed E-state index contributed by atoms with van der Waals surface area (Å²) in [6, 6.07) is 8.17. The maximum atomic E-state index is 14.0. The molecule has 8 heteroatoms. The highest BCUT2D eigenvalue weighted by molar-refractivity contribution is 6.04. The zero-order chi connectivity index (χ0) is 19.8. The largest absolute Gasteiger partial charge is 0.326 e. The molecule has 2 aliphatic heterocycles. The first-order valence-corrected chi connectivity index (χ1v) is 8.90. The van der Waals surface area contributed by atoms with Gasteiger partial charge in [-0.05, 0) is 42.3 Å². The fourth-order valence-corrected chi connectivity index (χ4v) is 3.52. The van der Waals surface area contributed by atoms with Gasteiger partial charge < -0.3 is 15.5 Å². The van der Waals surface area contributed by atoms with Crippen LogP contribution in [0.25, 0.3) is 0 Å². The van der Waals surface area contributed by atoms with Gasteiger partial charge in [0.05, 0.1) is 11.6 Å². The van der Waals surface area contributed by atoms with E-state index in [4.69, 9.17) is 0 Å². The fraction of sp³-hybridized carbons (Fsp3) is 0.250. The first-order chi connectivity index (χ1) is 13.4. The van der Waals surface area contributed by atoms with Crippen LogP contribution in [0.4, 0.5) is 25.8 Å². The van der Waals surface area contributed by atoms with Gasteiger partial charge in [-0.15, -0.1) is 0 Å².